The molecule has 0 spiro atoms. The third-order valence-corrected chi connectivity index (χ3v) is 3.38. The van der Waals surface area contributed by atoms with Crippen molar-refractivity contribution >= 4 is 29.9 Å². The van der Waals surface area contributed by atoms with Crippen molar-refractivity contribution in [1.82, 2.24) is 4.31 Å². The lowest BCUT2D eigenvalue weighted by Crippen LogP contribution is -2.10. The molecule has 0 unspecified atom stereocenters. The first-order valence-corrected chi connectivity index (χ1v) is 5.35. The molecule has 2 aliphatic heterocycles. The van der Waals surface area contributed by atoms with E-state index >= 15 is 0 Å². The van der Waals surface area contributed by atoms with E-state index in [-0.39, 0.29) is 0 Å². The Balaban J connectivity index is 2.04. The summed E-state index contributed by atoms with van der Waals surface area (Å²) in [6, 6.07) is 0. The van der Waals surface area contributed by atoms with Crippen molar-refractivity contribution < 1.29 is 0 Å². The van der Waals surface area contributed by atoms with E-state index in [0.29, 0.717) is 0 Å². The Morgan fingerprint density at radius 2 is 2.55 bits per heavy atom. The largest absolute Gasteiger partial charge is 0.293 e. The summed E-state index contributed by atoms with van der Waals surface area (Å²) in [5.41, 5.74) is 1.28. The first kappa shape index (κ1) is 7.31. The van der Waals surface area contributed by atoms with Crippen LogP contribution in [0.2, 0.25) is 0 Å². The van der Waals surface area contributed by atoms with Gasteiger partial charge in [0.1, 0.15) is 0 Å². The van der Waals surface area contributed by atoms with Gasteiger partial charge in [-0.3, -0.25) is 9.30 Å². The Bertz CT molecular complexity index is 233. The molecule has 0 aromatic rings. The second kappa shape index (κ2) is 3.36. The monoisotopic (exact) mass is 184 g/mol. The minimum absolute atomic E-state index is 0.835. The van der Waals surface area contributed by atoms with E-state index in [9.17, 15) is 0 Å². The zero-order valence-corrected chi connectivity index (χ0v) is 7.57. The summed E-state index contributed by atoms with van der Waals surface area (Å²) in [6.07, 6.45) is 6.03. The smallest absolute Gasteiger partial charge is 0.0801 e. The normalized spacial score (nSPS) is 22.5. The van der Waals surface area contributed by atoms with E-state index in [1.54, 1.807) is 0 Å². The van der Waals surface area contributed by atoms with Gasteiger partial charge in [-0.2, -0.15) is 0 Å². The van der Waals surface area contributed by atoms with Crippen molar-refractivity contribution in [3.05, 3.63) is 23.4 Å². The summed E-state index contributed by atoms with van der Waals surface area (Å²) in [5.74, 6) is 0. The van der Waals surface area contributed by atoms with Gasteiger partial charge in [0.25, 0.3) is 0 Å². The second-order valence-electron chi connectivity index (χ2n) is 2.17. The summed E-state index contributed by atoms with van der Waals surface area (Å²) < 4.78 is 2.18. The molecule has 0 N–H and O–H groups in total. The quantitative estimate of drug-likeness (QED) is 0.580. The molecule has 2 nitrogen and oxygen atoms in total. The molecule has 0 fully saturated rings. The number of aliphatic imine (C=N–C) groups is 1. The molecule has 0 aliphatic carbocycles. The number of thioether (sulfide) groups is 1. The highest BCUT2D eigenvalue weighted by molar-refractivity contribution is 8.17. The fraction of sp³-hybridized carbons (Fsp3) is 0.286. The van der Waals surface area contributed by atoms with Crippen LogP contribution in [0, 0.1) is 0 Å². The Hall–Kier alpha value is -0.350. The fourth-order valence-corrected chi connectivity index (χ4v) is 2.66. The Morgan fingerprint density at radius 1 is 1.55 bits per heavy atom. The van der Waals surface area contributed by atoms with Crippen LogP contribution in [0.5, 0.6) is 0 Å². The van der Waals surface area contributed by atoms with Gasteiger partial charge in [0.15, 0.2) is 0 Å². The number of rotatable bonds is 1. The van der Waals surface area contributed by atoms with Crippen LogP contribution in [0.3, 0.4) is 0 Å². The van der Waals surface area contributed by atoms with Crippen molar-refractivity contribution in [2.24, 2.45) is 4.99 Å². The van der Waals surface area contributed by atoms with Crippen molar-refractivity contribution in [3.63, 3.8) is 0 Å². The summed E-state index contributed by atoms with van der Waals surface area (Å²) in [4.78, 5) is 4.13. The minimum Gasteiger partial charge on any atom is -0.293 e. The van der Waals surface area contributed by atoms with E-state index < -0.39 is 0 Å². The van der Waals surface area contributed by atoms with E-state index in [1.165, 1.54) is 5.70 Å². The van der Waals surface area contributed by atoms with Gasteiger partial charge in [-0.05, 0) is 23.4 Å². The Morgan fingerprint density at radius 3 is 3.18 bits per heavy atom. The van der Waals surface area contributed by atoms with Gasteiger partial charge in [-0.1, -0.05) is 0 Å². The van der Waals surface area contributed by atoms with Crippen LogP contribution in [0.25, 0.3) is 0 Å². The van der Waals surface area contributed by atoms with Crippen LogP contribution >= 0.6 is 23.7 Å². The summed E-state index contributed by atoms with van der Waals surface area (Å²) in [5, 5.41) is 3.23. The van der Waals surface area contributed by atoms with E-state index in [4.69, 9.17) is 0 Å². The van der Waals surface area contributed by atoms with Gasteiger partial charge >= 0.3 is 0 Å². The molecule has 58 valence electrons. The van der Waals surface area contributed by atoms with Crippen LogP contribution in [0.15, 0.2) is 28.4 Å². The van der Waals surface area contributed by atoms with Gasteiger partial charge in [0.05, 0.1) is 17.3 Å². The average Bonchev–Trinajstić information content (AvgIpc) is 2.58. The van der Waals surface area contributed by atoms with Crippen LogP contribution in [0.1, 0.15) is 0 Å². The number of hydrogen-bond acceptors (Lipinski definition) is 4. The van der Waals surface area contributed by atoms with Crippen LogP contribution in [-0.4, -0.2) is 22.1 Å². The molecule has 2 heterocycles. The van der Waals surface area contributed by atoms with Gasteiger partial charge in [0.2, 0.25) is 0 Å². The van der Waals surface area contributed by atoms with E-state index in [1.807, 2.05) is 29.9 Å². The van der Waals surface area contributed by atoms with Crippen LogP contribution < -0.4 is 0 Å². The molecule has 0 aromatic heterocycles. The molecule has 0 amide bonds. The predicted octanol–water partition coefficient (Wildman–Crippen LogP) is 2.08. The molecular weight excluding hydrogens is 176 g/mol. The Labute approximate surface area is 74.6 Å². The highest BCUT2D eigenvalue weighted by atomic mass is 32.2. The van der Waals surface area contributed by atoms with E-state index in [2.05, 4.69) is 27.0 Å². The third-order valence-electron chi connectivity index (χ3n) is 1.46. The number of allylic oxidation sites excluding steroid dienone is 1. The molecule has 0 saturated carbocycles. The van der Waals surface area contributed by atoms with Gasteiger partial charge in [0, 0.05) is 12.4 Å². The molecular formula is C7H8N2S2. The third kappa shape index (κ3) is 1.62. The number of nitrogens with zero attached hydrogens (tertiary/aromatic N) is 2. The van der Waals surface area contributed by atoms with Crippen molar-refractivity contribution in [2.75, 3.05) is 11.6 Å². The molecule has 2 rings (SSSR count). The lowest BCUT2D eigenvalue weighted by Gasteiger charge is -2.21. The predicted molar refractivity (Wildman–Crippen MR) is 52.5 cm³/mol. The van der Waals surface area contributed by atoms with Crippen LogP contribution in [0.4, 0.5) is 0 Å². The van der Waals surface area contributed by atoms with Gasteiger partial charge in [-0.25, -0.2) is 0 Å². The zero-order valence-electron chi connectivity index (χ0n) is 5.93. The zero-order chi connectivity index (χ0) is 7.52. The summed E-state index contributed by atoms with van der Waals surface area (Å²) in [7, 11) is 0. The second-order valence-corrected chi connectivity index (χ2v) is 4.37. The molecule has 0 radical (unpaired) electrons. The van der Waals surface area contributed by atoms with Gasteiger partial charge in [-0.15, -0.1) is 11.8 Å². The minimum atomic E-state index is 0.835. The summed E-state index contributed by atoms with van der Waals surface area (Å²) >= 11 is 3.65. The molecule has 2 aliphatic rings. The molecule has 0 aromatic carbocycles. The average molecular weight is 184 g/mol. The maximum Gasteiger partial charge on any atom is 0.0801 e. The highest BCUT2D eigenvalue weighted by Crippen LogP contribution is 2.28. The standard InChI is InChI=1S/C7H8N2S2/c1-2-8-5-7(1)9-3-4-10-6-11-9/h1-4H,5-6H2. The number of hydrogen-bond donors (Lipinski definition) is 0. The Kier molecular flexibility index (Phi) is 2.23. The van der Waals surface area contributed by atoms with E-state index in [0.717, 1.165) is 11.6 Å². The SMILES string of the molecule is C1=CN(C2=CC=NC2)SCS1. The lowest BCUT2D eigenvalue weighted by atomic mass is 10.4. The molecule has 0 saturated heterocycles. The van der Waals surface area contributed by atoms with Crippen molar-refractivity contribution in [2.45, 2.75) is 0 Å². The van der Waals surface area contributed by atoms with Crippen molar-refractivity contribution in [1.29, 1.82) is 0 Å². The highest BCUT2D eigenvalue weighted by Gasteiger charge is 2.11. The topological polar surface area (TPSA) is 15.6 Å². The van der Waals surface area contributed by atoms with Crippen LogP contribution in [-0.2, 0) is 0 Å². The molecule has 11 heavy (non-hydrogen) atoms. The van der Waals surface area contributed by atoms with Gasteiger partial charge < -0.3 is 0 Å². The first-order valence-electron chi connectivity index (χ1n) is 3.36. The molecule has 0 atom stereocenters. The molecule has 4 heteroatoms. The lowest BCUT2D eigenvalue weighted by molar-refractivity contribution is 0.753. The maximum absolute atomic E-state index is 4.13. The fourth-order valence-electron chi connectivity index (χ4n) is 0.927. The van der Waals surface area contributed by atoms with Crippen molar-refractivity contribution in [3.8, 4) is 0 Å². The first-order chi connectivity index (χ1) is 5.47. The summed E-state index contributed by atoms with van der Waals surface area (Å²) in [6.45, 7) is 0.835. The maximum atomic E-state index is 4.13. The molecule has 0 bridgehead atoms.